The fraction of sp³-hybridized carbons (Fsp3) is 0.556. The van der Waals surface area contributed by atoms with Crippen LogP contribution in [0.4, 0.5) is 0 Å². The fourth-order valence-electron chi connectivity index (χ4n) is 1.06. The number of ether oxygens (including phenoxy) is 1. The fourth-order valence-corrected chi connectivity index (χ4v) is 1.06. The molecule has 1 heterocycles. The van der Waals surface area contributed by atoms with Crippen molar-refractivity contribution in [2.45, 2.75) is 18.9 Å². The van der Waals surface area contributed by atoms with Crippen LogP contribution in [0.25, 0.3) is 0 Å². The van der Waals surface area contributed by atoms with Crippen LogP contribution in [0.5, 0.6) is 0 Å². The van der Waals surface area contributed by atoms with Crippen molar-refractivity contribution in [3.8, 4) is 0 Å². The van der Waals surface area contributed by atoms with E-state index in [1.54, 1.807) is 13.4 Å². The van der Waals surface area contributed by atoms with Crippen LogP contribution in [-0.4, -0.2) is 19.8 Å². The van der Waals surface area contributed by atoms with E-state index in [0.717, 1.165) is 18.6 Å². The molecule has 1 aromatic heterocycles. The molecular weight excluding hydrogens is 154 g/mol. The van der Waals surface area contributed by atoms with Gasteiger partial charge in [-0.05, 0) is 18.6 Å². The highest BCUT2D eigenvalue weighted by molar-refractivity contribution is 4.99. The number of nitrogens with two attached hydrogens (primary N) is 1. The first-order chi connectivity index (χ1) is 5.83. The third-order valence-electron chi connectivity index (χ3n) is 1.74. The molecule has 0 amide bonds. The van der Waals surface area contributed by atoms with Crippen LogP contribution in [0, 0.1) is 0 Å². The Morgan fingerprint density at radius 3 is 3.08 bits per heavy atom. The molecule has 12 heavy (non-hydrogen) atoms. The first-order valence-electron chi connectivity index (χ1n) is 4.10. The van der Waals surface area contributed by atoms with Crippen molar-refractivity contribution >= 4 is 0 Å². The summed E-state index contributed by atoms with van der Waals surface area (Å²) in [5.41, 5.74) is 5.81. The Hall–Kier alpha value is -0.800. The molecule has 0 bridgehead atoms. The van der Waals surface area contributed by atoms with Gasteiger partial charge >= 0.3 is 0 Å². The van der Waals surface area contributed by atoms with Crippen LogP contribution in [0.2, 0.25) is 0 Å². The Labute approximate surface area is 72.5 Å². The summed E-state index contributed by atoms with van der Waals surface area (Å²) in [5, 5.41) is 0. The van der Waals surface area contributed by atoms with Gasteiger partial charge < -0.3 is 14.9 Å². The van der Waals surface area contributed by atoms with Crippen molar-refractivity contribution in [1.29, 1.82) is 0 Å². The molecule has 0 saturated heterocycles. The molecule has 0 aliphatic rings. The molecule has 1 aromatic rings. The van der Waals surface area contributed by atoms with E-state index in [2.05, 4.69) is 0 Å². The Morgan fingerprint density at radius 2 is 2.50 bits per heavy atom. The molecule has 1 rings (SSSR count). The predicted molar refractivity (Wildman–Crippen MR) is 46.9 cm³/mol. The molecule has 0 fully saturated rings. The summed E-state index contributed by atoms with van der Waals surface area (Å²) in [6.07, 6.45) is 3.33. The summed E-state index contributed by atoms with van der Waals surface area (Å²) >= 11 is 0. The summed E-state index contributed by atoms with van der Waals surface area (Å²) in [5.74, 6) is 0.943. The maximum absolute atomic E-state index is 5.81. The lowest BCUT2D eigenvalue weighted by Gasteiger charge is -2.07. The molecule has 3 heteroatoms. The number of hydrogen-bond donors (Lipinski definition) is 1. The highest BCUT2D eigenvalue weighted by Crippen LogP contribution is 2.04. The molecule has 0 aliphatic carbocycles. The van der Waals surface area contributed by atoms with Crippen molar-refractivity contribution in [3.05, 3.63) is 24.2 Å². The van der Waals surface area contributed by atoms with Gasteiger partial charge in [-0.25, -0.2) is 0 Å². The lowest BCUT2D eigenvalue weighted by molar-refractivity contribution is 0.187. The first kappa shape index (κ1) is 9.29. The second-order valence-electron chi connectivity index (χ2n) is 2.83. The SMILES string of the molecule is COCCC(N)Cc1ccco1. The zero-order valence-corrected chi connectivity index (χ0v) is 7.32. The van der Waals surface area contributed by atoms with Gasteiger partial charge in [0, 0.05) is 26.2 Å². The summed E-state index contributed by atoms with van der Waals surface area (Å²) in [6.45, 7) is 0.710. The molecule has 0 radical (unpaired) electrons. The van der Waals surface area contributed by atoms with E-state index in [1.165, 1.54) is 0 Å². The monoisotopic (exact) mass is 169 g/mol. The first-order valence-corrected chi connectivity index (χ1v) is 4.10. The average molecular weight is 169 g/mol. The normalized spacial score (nSPS) is 13.2. The number of furan rings is 1. The number of hydrogen-bond acceptors (Lipinski definition) is 3. The lowest BCUT2D eigenvalue weighted by Crippen LogP contribution is -2.24. The Balaban J connectivity index is 2.22. The van der Waals surface area contributed by atoms with Gasteiger partial charge in [0.25, 0.3) is 0 Å². The molecule has 0 spiro atoms. The van der Waals surface area contributed by atoms with E-state index in [0.29, 0.717) is 6.61 Å². The van der Waals surface area contributed by atoms with Gasteiger partial charge in [-0.2, -0.15) is 0 Å². The smallest absolute Gasteiger partial charge is 0.105 e. The number of methoxy groups -OCH3 is 1. The highest BCUT2D eigenvalue weighted by Gasteiger charge is 2.04. The van der Waals surface area contributed by atoms with Gasteiger partial charge in [0.1, 0.15) is 5.76 Å². The summed E-state index contributed by atoms with van der Waals surface area (Å²) < 4.78 is 10.1. The van der Waals surface area contributed by atoms with Crippen LogP contribution in [0.3, 0.4) is 0 Å². The molecule has 1 unspecified atom stereocenters. The zero-order chi connectivity index (χ0) is 8.81. The van der Waals surface area contributed by atoms with Crippen molar-refractivity contribution in [1.82, 2.24) is 0 Å². The molecule has 0 aromatic carbocycles. The van der Waals surface area contributed by atoms with E-state index >= 15 is 0 Å². The van der Waals surface area contributed by atoms with Gasteiger partial charge in [-0.15, -0.1) is 0 Å². The highest BCUT2D eigenvalue weighted by atomic mass is 16.5. The Morgan fingerprint density at radius 1 is 1.67 bits per heavy atom. The van der Waals surface area contributed by atoms with Crippen molar-refractivity contribution in [2.24, 2.45) is 5.73 Å². The Bertz CT molecular complexity index is 196. The third kappa shape index (κ3) is 3.07. The molecule has 0 saturated carbocycles. The standard InChI is InChI=1S/C9H15NO2/c1-11-6-4-8(10)7-9-3-2-5-12-9/h2-3,5,8H,4,6-7,10H2,1H3. The van der Waals surface area contributed by atoms with Crippen LogP contribution < -0.4 is 5.73 Å². The van der Waals surface area contributed by atoms with E-state index in [-0.39, 0.29) is 6.04 Å². The van der Waals surface area contributed by atoms with Gasteiger partial charge in [-0.3, -0.25) is 0 Å². The molecule has 3 nitrogen and oxygen atoms in total. The van der Waals surface area contributed by atoms with Crippen LogP contribution in [0.15, 0.2) is 22.8 Å². The third-order valence-corrected chi connectivity index (χ3v) is 1.74. The molecule has 1 atom stereocenters. The summed E-state index contributed by atoms with van der Waals surface area (Å²) in [6, 6.07) is 3.95. The van der Waals surface area contributed by atoms with Crippen LogP contribution in [0.1, 0.15) is 12.2 Å². The molecule has 68 valence electrons. The quantitative estimate of drug-likeness (QED) is 0.720. The minimum absolute atomic E-state index is 0.135. The van der Waals surface area contributed by atoms with Crippen molar-refractivity contribution in [2.75, 3.05) is 13.7 Å². The summed E-state index contributed by atoms with van der Waals surface area (Å²) in [4.78, 5) is 0. The Kier molecular flexibility index (Phi) is 3.84. The van der Waals surface area contributed by atoms with E-state index in [9.17, 15) is 0 Å². The maximum Gasteiger partial charge on any atom is 0.105 e. The molecule has 0 aliphatic heterocycles. The largest absolute Gasteiger partial charge is 0.469 e. The summed E-state index contributed by atoms with van der Waals surface area (Å²) in [7, 11) is 1.68. The minimum atomic E-state index is 0.135. The maximum atomic E-state index is 5.81. The van der Waals surface area contributed by atoms with Gasteiger partial charge in [0.15, 0.2) is 0 Å². The average Bonchev–Trinajstić information content (AvgIpc) is 2.53. The van der Waals surface area contributed by atoms with Crippen LogP contribution >= 0.6 is 0 Å². The van der Waals surface area contributed by atoms with E-state index in [4.69, 9.17) is 14.9 Å². The second kappa shape index (κ2) is 4.95. The lowest BCUT2D eigenvalue weighted by atomic mass is 10.1. The van der Waals surface area contributed by atoms with Gasteiger partial charge in [0.2, 0.25) is 0 Å². The molecular formula is C9H15NO2. The van der Waals surface area contributed by atoms with E-state index in [1.807, 2.05) is 12.1 Å². The van der Waals surface area contributed by atoms with Crippen LogP contribution in [-0.2, 0) is 11.2 Å². The molecule has 2 N–H and O–H groups in total. The minimum Gasteiger partial charge on any atom is -0.469 e. The predicted octanol–water partition coefficient (Wildman–Crippen LogP) is 1.19. The van der Waals surface area contributed by atoms with E-state index < -0.39 is 0 Å². The second-order valence-corrected chi connectivity index (χ2v) is 2.83. The van der Waals surface area contributed by atoms with Crippen molar-refractivity contribution in [3.63, 3.8) is 0 Å². The van der Waals surface area contributed by atoms with Crippen molar-refractivity contribution < 1.29 is 9.15 Å². The number of rotatable bonds is 5. The topological polar surface area (TPSA) is 48.4 Å². The zero-order valence-electron chi connectivity index (χ0n) is 7.32. The van der Waals surface area contributed by atoms with Gasteiger partial charge in [0.05, 0.1) is 6.26 Å². The van der Waals surface area contributed by atoms with Gasteiger partial charge in [-0.1, -0.05) is 0 Å².